The van der Waals surface area contributed by atoms with E-state index in [2.05, 4.69) is 153 Å². The van der Waals surface area contributed by atoms with E-state index in [9.17, 15) is 14.4 Å². The number of fused-ring (bicyclic) bond motifs is 9. The first-order valence-corrected chi connectivity index (χ1v) is 33.8. The van der Waals surface area contributed by atoms with E-state index < -0.39 is 22.3 Å². The molecule has 0 N–H and O–H groups in total. The van der Waals surface area contributed by atoms with Crippen molar-refractivity contribution < 1.29 is 14.4 Å². The number of aromatic nitrogens is 9. The predicted molar refractivity (Wildman–Crippen MR) is 372 cm³/mol. The van der Waals surface area contributed by atoms with Gasteiger partial charge in [-0.15, -0.1) is 64.6 Å². The summed E-state index contributed by atoms with van der Waals surface area (Å²) in [5, 5.41) is 29.7. The molecule has 0 amide bonds. The Hall–Kier alpha value is -8.31. The van der Waals surface area contributed by atoms with E-state index in [-0.39, 0.29) is 35.9 Å². The summed E-state index contributed by atoms with van der Waals surface area (Å²) in [4.78, 5) is 61.6. The molecule has 3 aliphatic rings. The van der Waals surface area contributed by atoms with E-state index in [0.29, 0.717) is 24.4 Å². The van der Waals surface area contributed by atoms with Crippen LogP contribution in [0.15, 0.2) is 87.8 Å². The van der Waals surface area contributed by atoms with Gasteiger partial charge in [0.2, 0.25) is 0 Å². The third-order valence-electron chi connectivity index (χ3n) is 17.6. The number of aryl methyl sites for hydroxylation is 8. The van der Waals surface area contributed by atoms with E-state index in [1.54, 1.807) is 34.0 Å². The van der Waals surface area contributed by atoms with Gasteiger partial charge in [-0.25, -0.2) is 4.85 Å². The lowest BCUT2D eigenvalue weighted by Gasteiger charge is -2.19. The monoisotopic (exact) mass is 1290 g/mol. The molecule has 0 saturated carbocycles. The molecular formula is C73H83N13O3S3. The van der Waals surface area contributed by atoms with Crippen LogP contribution in [0, 0.1) is 92.1 Å². The van der Waals surface area contributed by atoms with Crippen LogP contribution < -0.4 is 0 Å². The fourth-order valence-corrected chi connectivity index (χ4v) is 15.0. The summed E-state index contributed by atoms with van der Waals surface area (Å²) in [6.07, 6.45) is 1.88. The maximum absolute atomic E-state index is 13.0. The minimum atomic E-state index is -0.462. The van der Waals surface area contributed by atoms with Gasteiger partial charge in [-0.3, -0.25) is 43.1 Å². The third kappa shape index (κ3) is 12.9. The van der Waals surface area contributed by atoms with Crippen molar-refractivity contribution in [2.75, 3.05) is 0 Å². The molecule has 3 atom stereocenters. The Labute approximate surface area is 553 Å². The predicted octanol–water partition coefficient (Wildman–Crippen LogP) is 16.9. The largest absolute Gasteiger partial charge is 0.299 e. The Bertz CT molecular complexity index is 4490. The molecule has 0 fully saturated rings. The molecule has 0 unspecified atom stereocenters. The molecule has 9 aromatic rings. The molecule has 476 valence electrons. The summed E-state index contributed by atoms with van der Waals surface area (Å²) in [7, 11) is 0. The standard InChI is InChI=1S/C25H30N4OS.C24H25N5OS.C24H28N4OS/c1-8-17-9-11-18(12-10-17)22-21-14(2)15(3)31-24(21)29-16(4)27-28-23(29)19(26-22)13-20(30)25(5,6)7;1-13-14(2)31-23-20(13)21(16-8-10-17(25-7)11-9-16)26-18(12-19(30)24(4,5)6)22-28-27-15(3)29(22)23;1-13-8-10-17(11-9-13)21-20-14(2)15(3)30-23(20)28-16(4)26-27-22(28)18(25-21)12-19(29)24(5,6)7/h9-12,19H,8,13H2,1-7H3;8-11,18H,12H2,1-6H3;8-11,18H,12H2,1-7H3/t19-;2*18-/m000/s1. The van der Waals surface area contributed by atoms with Crippen molar-refractivity contribution in [3.05, 3.63) is 195 Å². The van der Waals surface area contributed by atoms with Gasteiger partial charge >= 0.3 is 0 Å². The van der Waals surface area contributed by atoms with Gasteiger partial charge in [-0.05, 0) is 103 Å². The zero-order valence-electron chi connectivity index (χ0n) is 56.8. The van der Waals surface area contributed by atoms with Gasteiger partial charge in [0, 0.05) is 78.0 Å². The van der Waals surface area contributed by atoms with Gasteiger partial charge in [0.25, 0.3) is 0 Å². The summed E-state index contributed by atoms with van der Waals surface area (Å²) in [6.45, 7) is 47.7. The first-order valence-electron chi connectivity index (χ1n) is 31.4. The second-order valence-electron chi connectivity index (χ2n) is 27.4. The van der Waals surface area contributed by atoms with Crippen molar-refractivity contribution in [1.82, 2.24) is 44.3 Å². The Morgan fingerprint density at radius 2 is 0.717 bits per heavy atom. The average Bonchev–Trinajstić information content (AvgIpc) is 1.63. The fourth-order valence-electron chi connectivity index (χ4n) is 11.3. The van der Waals surface area contributed by atoms with Crippen molar-refractivity contribution in [2.45, 2.75) is 182 Å². The van der Waals surface area contributed by atoms with E-state index in [0.717, 1.165) is 107 Å². The number of ketones is 3. The summed E-state index contributed by atoms with van der Waals surface area (Å²) in [6, 6.07) is 23.4. The van der Waals surface area contributed by atoms with Crippen LogP contribution >= 0.6 is 34.0 Å². The first-order chi connectivity index (χ1) is 43.3. The molecule has 0 spiro atoms. The fraction of sp³-hybridized carbons (Fsp3) is 0.411. The minimum Gasteiger partial charge on any atom is -0.299 e. The number of benzene rings is 3. The van der Waals surface area contributed by atoms with Crippen LogP contribution in [0.25, 0.3) is 19.8 Å². The lowest BCUT2D eigenvalue weighted by molar-refractivity contribution is -0.127. The van der Waals surface area contributed by atoms with Crippen LogP contribution in [0.1, 0.15) is 217 Å². The maximum atomic E-state index is 13.0. The number of carbonyl (C=O) groups is 3. The number of hydrogen-bond donors (Lipinski definition) is 0. The van der Waals surface area contributed by atoms with Gasteiger partial charge in [0.05, 0.1) is 23.7 Å². The second kappa shape index (κ2) is 25.6. The summed E-state index contributed by atoms with van der Waals surface area (Å²) in [5.41, 5.74) is 14.4. The second-order valence-corrected chi connectivity index (χ2v) is 31.0. The summed E-state index contributed by atoms with van der Waals surface area (Å²) < 4.78 is 6.27. The SMILES string of the molecule is CCc1ccc(C2=N[C@@H](CC(=O)C(C)(C)C)c3nnc(C)n3-c3sc(C)c(C)c32)cc1.Cc1ccc(C2=N[C@@H](CC(=O)C(C)(C)C)c3nnc(C)n3-c3sc(C)c(C)c32)cc1.[C-]#[N+]c1ccc(C2=N[C@@H](CC(=O)C(C)(C)C)c3nnc(C)n3-c3sc(C)c(C)c32)cc1. The lowest BCUT2D eigenvalue weighted by Crippen LogP contribution is -2.23. The number of aliphatic imine (C=N–C) groups is 3. The van der Waals surface area contributed by atoms with Crippen LogP contribution in [0.2, 0.25) is 0 Å². The lowest BCUT2D eigenvalue weighted by atomic mass is 9.87. The summed E-state index contributed by atoms with van der Waals surface area (Å²) in [5.74, 6) is 5.10. The molecule has 3 aromatic carbocycles. The van der Waals surface area contributed by atoms with Gasteiger partial charge in [0.1, 0.15) is 68.0 Å². The Balaban J connectivity index is 0.000000151. The molecular weight excluding hydrogens is 1200 g/mol. The number of rotatable bonds is 10. The zero-order chi connectivity index (χ0) is 66.8. The van der Waals surface area contributed by atoms with E-state index in [4.69, 9.17) is 21.5 Å². The Morgan fingerprint density at radius 3 is 0.989 bits per heavy atom. The average molecular weight is 1290 g/mol. The molecule has 9 heterocycles. The topological polar surface area (TPSA) is 185 Å². The van der Waals surface area contributed by atoms with Gasteiger partial charge in [-0.2, -0.15) is 0 Å². The van der Waals surface area contributed by atoms with E-state index in [1.807, 2.05) is 107 Å². The molecule has 12 rings (SSSR count). The van der Waals surface area contributed by atoms with Crippen LogP contribution in [-0.4, -0.2) is 78.8 Å². The molecule has 19 heteroatoms. The number of thiophene rings is 3. The highest BCUT2D eigenvalue weighted by atomic mass is 32.1. The molecule has 16 nitrogen and oxygen atoms in total. The quantitative estimate of drug-likeness (QED) is 0.120. The molecule has 0 aliphatic carbocycles. The number of hydrogen-bond acceptors (Lipinski definition) is 15. The molecule has 0 saturated heterocycles. The molecule has 3 aliphatic heterocycles. The van der Waals surface area contributed by atoms with Crippen molar-refractivity contribution in [3.63, 3.8) is 0 Å². The number of carbonyl (C=O) groups excluding carboxylic acids is 3. The minimum absolute atomic E-state index is 0.134. The van der Waals surface area contributed by atoms with Crippen molar-refractivity contribution >= 4 is 74.2 Å². The number of Topliss-reactive ketones (excluding diaryl/α,β-unsaturated/α-hetero) is 3. The molecule has 0 radical (unpaired) electrons. The van der Waals surface area contributed by atoms with Gasteiger partial charge in [-0.1, -0.05) is 148 Å². The maximum Gasteiger partial charge on any atom is 0.187 e. The van der Waals surface area contributed by atoms with Crippen LogP contribution in [0.4, 0.5) is 5.69 Å². The van der Waals surface area contributed by atoms with Gasteiger partial charge in [0.15, 0.2) is 23.2 Å². The highest BCUT2D eigenvalue weighted by Gasteiger charge is 2.38. The Kier molecular flexibility index (Phi) is 18.6. The Morgan fingerprint density at radius 1 is 0.435 bits per heavy atom. The van der Waals surface area contributed by atoms with E-state index >= 15 is 0 Å². The van der Waals surface area contributed by atoms with Crippen molar-refractivity contribution in [2.24, 2.45) is 31.2 Å². The highest BCUT2D eigenvalue weighted by Crippen LogP contribution is 2.44. The van der Waals surface area contributed by atoms with Crippen molar-refractivity contribution in [3.8, 4) is 15.0 Å². The third-order valence-corrected chi connectivity index (χ3v) is 21.2. The summed E-state index contributed by atoms with van der Waals surface area (Å²) >= 11 is 5.17. The highest BCUT2D eigenvalue weighted by molar-refractivity contribution is 7.15. The normalized spacial score (nSPS) is 15.8. The number of nitrogens with zero attached hydrogens (tertiary/aromatic N) is 13. The molecule has 0 bridgehead atoms. The first kappa shape index (κ1) is 66.6. The smallest absolute Gasteiger partial charge is 0.187 e. The molecule has 6 aromatic heterocycles. The van der Waals surface area contributed by atoms with Crippen LogP contribution in [0.3, 0.4) is 0 Å². The molecule has 92 heavy (non-hydrogen) atoms. The van der Waals surface area contributed by atoms with Gasteiger partial charge < -0.3 is 0 Å². The van der Waals surface area contributed by atoms with Crippen LogP contribution in [0.5, 0.6) is 0 Å². The zero-order valence-corrected chi connectivity index (χ0v) is 59.2. The van der Waals surface area contributed by atoms with Crippen LogP contribution in [-0.2, 0) is 20.8 Å². The van der Waals surface area contributed by atoms with Crippen molar-refractivity contribution in [1.29, 1.82) is 0 Å². The van der Waals surface area contributed by atoms with E-state index in [1.165, 1.54) is 36.9 Å².